The predicted octanol–water partition coefficient (Wildman–Crippen LogP) is -0.123. The highest BCUT2D eigenvalue weighted by molar-refractivity contribution is 5.94. The second-order valence-corrected chi connectivity index (χ2v) is 4.68. The smallest absolute Gasteiger partial charge is 0.241 e. The maximum Gasteiger partial charge on any atom is 0.241 e. The van der Waals surface area contributed by atoms with E-state index in [0.717, 1.165) is 5.56 Å². The Morgan fingerprint density at radius 2 is 2.00 bits per heavy atom. The van der Waals surface area contributed by atoms with Crippen LogP contribution in [-0.4, -0.2) is 27.6 Å². The number of nitrogens with one attached hydrogen (secondary N) is 1. The molecule has 1 heterocycles. The molecule has 0 spiro atoms. The Morgan fingerprint density at radius 1 is 1.29 bits per heavy atom. The molecule has 0 fully saturated rings. The van der Waals surface area contributed by atoms with Gasteiger partial charge in [0.25, 0.3) is 0 Å². The number of benzene rings is 1. The van der Waals surface area contributed by atoms with E-state index in [1.54, 1.807) is 0 Å². The molecular weight excluding hydrogens is 270 g/mol. The largest absolute Gasteiger partial charge is 0.368 e. The lowest BCUT2D eigenvalue weighted by atomic mass is 10.1. The van der Waals surface area contributed by atoms with Crippen molar-refractivity contribution in [3.05, 3.63) is 48.3 Å². The third-order valence-corrected chi connectivity index (χ3v) is 2.85. The van der Waals surface area contributed by atoms with Crippen molar-refractivity contribution in [2.45, 2.75) is 19.0 Å². The SMILES string of the molecule is NC(=O)Cn1cc(NC(=O)[C@H](N)Cc2ccccc2)cn1. The minimum absolute atomic E-state index is 0.0358. The quantitative estimate of drug-likeness (QED) is 0.686. The van der Waals surface area contributed by atoms with Crippen molar-refractivity contribution >= 4 is 17.5 Å². The number of carbonyl (C=O) groups excluding carboxylic acids is 2. The van der Waals surface area contributed by atoms with Gasteiger partial charge in [-0.05, 0) is 12.0 Å². The molecule has 0 radical (unpaired) electrons. The number of rotatable bonds is 6. The Labute approximate surface area is 121 Å². The summed E-state index contributed by atoms with van der Waals surface area (Å²) in [4.78, 5) is 22.7. The summed E-state index contributed by atoms with van der Waals surface area (Å²) in [5.41, 5.74) is 12.4. The van der Waals surface area contributed by atoms with E-state index in [2.05, 4.69) is 10.4 Å². The molecule has 1 aromatic heterocycles. The third-order valence-electron chi connectivity index (χ3n) is 2.85. The molecule has 7 nitrogen and oxygen atoms in total. The highest BCUT2D eigenvalue weighted by Crippen LogP contribution is 2.07. The van der Waals surface area contributed by atoms with E-state index in [-0.39, 0.29) is 12.5 Å². The standard InChI is InChI=1S/C14H17N5O2/c15-12(6-10-4-2-1-3-5-10)14(21)18-11-7-17-19(8-11)9-13(16)20/h1-5,7-8,12H,6,9,15H2,(H2,16,20)(H,18,21)/t12-/m1/s1. The molecule has 0 aliphatic carbocycles. The van der Waals surface area contributed by atoms with Crippen LogP contribution in [0.25, 0.3) is 0 Å². The van der Waals surface area contributed by atoms with Crippen LogP contribution in [0.1, 0.15) is 5.56 Å². The highest BCUT2D eigenvalue weighted by atomic mass is 16.2. The summed E-state index contributed by atoms with van der Waals surface area (Å²) in [7, 11) is 0. The van der Waals surface area contributed by atoms with Crippen LogP contribution in [0.15, 0.2) is 42.7 Å². The molecule has 5 N–H and O–H groups in total. The first-order valence-electron chi connectivity index (χ1n) is 6.45. The van der Waals surface area contributed by atoms with Gasteiger partial charge in [0.2, 0.25) is 11.8 Å². The van der Waals surface area contributed by atoms with Crippen LogP contribution in [0.2, 0.25) is 0 Å². The number of nitrogens with zero attached hydrogens (tertiary/aromatic N) is 2. The number of carbonyl (C=O) groups is 2. The first-order chi connectivity index (χ1) is 10.0. The lowest BCUT2D eigenvalue weighted by Gasteiger charge is -2.11. The molecule has 110 valence electrons. The zero-order chi connectivity index (χ0) is 15.2. The molecule has 2 amide bonds. The van der Waals surface area contributed by atoms with Gasteiger partial charge in [0.1, 0.15) is 6.54 Å². The number of anilines is 1. The average Bonchev–Trinajstić information content (AvgIpc) is 2.86. The molecular formula is C14H17N5O2. The summed E-state index contributed by atoms with van der Waals surface area (Å²) in [6.07, 6.45) is 3.41. The van der Waals surface area contributed by atoms with Gasteiger partial charge < -0.3 is 16.8 Å². The summed E-state index contributed by atoms with van der Waals surface area (Å²) in [5.74, 6) is -0.811. The third kappa shape index (κ3) is 4.43. The first-order valence-corrected chi connectivity index (χ1v) is 6.45. The molecule has 0 aliphatic rings. The van der Waals surface area contributed by atoms with Gasteiger partial charge in [-0.25, -0.2) is 0 Å². The van der Waals surface area contributed by atoms with Crippen LogP contribution in [0.3, 0.4) is 0 Å². The van der Waals surface area contributed by atoms with Crippen molar-refractivity contribution in [2.24, 2.45) is 11.5 Å². The molecule has 0 saturated heterocycles. The minimum atomic E-state index is -0.660. The van der Waals surface area contributed by atoms with Gasteiger partial charge in [-0.15, -0.1) is 0 Å². The fraction of sp³-hybridized carbons (Fsp3) is 0.214. The minimum Gasteiger partial charge on any atom is -0.368 e. The zero-order valence-corrected chi connectivity index (χ0v) is 11.4. The van der Waals surface area contributed by atoms with Gasteiger partial charge in [-0.2, -0.15) is 5.10 Å². The first kappa shape index (κ1) is 14.7. The maximum atomic E-state index is 12.0. The van der Waals surface area contributed by atoms with Gasteiger partial charge in [-0.3, -0.25) is 14.3 Å². The van der Waals surface area contributed by atoms with Crippen molar-refractivity contribution in [1.29, 1.82) is 0 Å². The molecule has 0 unspecified atom stereocenters. The van der Waals surface area contributed by atoms with Crippen molar-refractivity contribution in [2.75, 3.05) is 5.32 Å². The molecule has 1 aromatic carbocycles. The Balaban J connectivity index is 1.91. The number of aromatic nitrogens is 2. The number of hydrogen-bond donors (Lipinski definition) is 3. The topological polar surface area (TPSA) is 116 Å². The molecule has 1 atom stereocenters. The van der Waals surface area contributed by atoms with Gasteiger partial charge in [0.05, 0.1) is 17.9 Å². The van der Waals surface area contributed by atoms with E-state index in [4.69, 9.17) is 11.5 Å². The number of hydrogen-bond acceptors (Lipinski definition) is 4. The van der Waals surface area contributed by atoms with Gasteiger partial charge >= 0.3 is 0 Å². The average molecular weight is 287 g/mol. The Hall–Kier alpha value is -2.67. The van der Waals surface area contributed by atoms with Crippen molar-refractivity contribution in [3.8, 4) is 0 Å². The summed E-state index contributed by atoms with van der Waals surface area (Å²) in [5, 5.41) is 6.57. The van der Waals surface area contributed by atoms with Gasteiger partial charge in [-0.1, -0.05) is 30.3 Å². The molecule has 0 aliphatic heterocycles. The Bertz CT molecular complexity index is 623. The summed E-state index contributed by atoms with van der Waals surface area (Å²) < 4.78 is 1.35. The maximum absolute atomic E-state index is 12.0. The van der Waals surface area contributed by atoms with Gasteiger partial charge in [0, 0.05) is 6.20 Å². The molecule has 0 bridgehead atoms. The van der Waals surface area contributed by atoms with Crippen LogP contribution in [-0.2, 0) is 22.6 Å². The van der Waals surface area contributed by atoms with Crippen molar-refractivity contribution in [1.82, 2.24) is 9.78 Å². The number of nitrogens with two attached hydrogens (primary N) is 2. The molecule has 7 heteroatoms. The van der Waals surface area contributed by atoms with E-state index in [0.29, 0.717) is 12.1 Å². The van der Waals surface area contributed by atoms with E-state index < -0.39 is 11.9 Å². The predicted molar refractivity (Wildman–Crippen MR) is 78.2 cm³/mol. The second-order valence-electron chi connectivity index (χ2n) is 4.68. The van der Waals surface area contributed by atoms with Crippen LogP contribution < -0.4 is 16.8 Å². The van der Waals surface area contributed by atoms with Crippen molar-refractivity contribution in [3.63, 3.8) is 0 Å². The highest BCUT2D eigenvalue weighted by Gasteiger charge is 2.15. The lowest BCUT2D eigenvalue weighted by molar-refractivity contribution is -0.119. The molecule has 2 rings (SSSR count). The molecule has 0 saturated carbocycles. The Morgan fingerprint density at radius 3 is 2.67 bits per heavy atom. The fourth-order valence-corrected chi connectivity index (χ4v) is 1.87. The molecule has 2 aromatic rings. The summed E-state index contributed by atoms with van der Waals surface area (Å²) in [6, 6.07) is 8.87. The normalized spacial score (nSPS) is 11.9. The number of amides is 2. The van der Waals surface area contributed by atoms with E-state index >= 15 is 0 Å². The zero-order valence-electron chi connectivity index (χ0n) is 11.4. The summed E-state index contributed by atoms with van der Waals surface area (Å²) >= 11 is 0. The fourth-order valence-electron chi connectivity index (χ4n) is 1.87. The second kappa shape index (κ2) is 6.67. The lowest BCUT2D eigenvalue weighted by Crippen LogP contribution is -2.37. The van der Waals surface area contributed by atoms with E-state index in [9.17, 15) is 9.59 Å². The van der Waals surface area contributed by atoms with Crippen LogP contribution in [0.4, 0.5) is 5.69 Å². The van der Waals surface area contributed by atoms with E-state index in [1.807, 2.05) is 30.3 Å². The van der Waals surface area contributed by atoms with E-state index in [1.165, 1.54) is 17.1 Å². The molecule has 21 heavy (non-hydrogen) atoms. The van der Waals surface area contributed by atoms with Crippen LogP contribution in [0, 0.1) is 0 Å². The van der Waals surface area contributed by atoms with Crippen molar-refractivity contribution < 1.29 is 9.59 Å². The Kier molecular flexibility index (Phi) is 4.68. The summed E-state index contributed by atoms with van der Waals surface area (Å²) in [6.45, 7) is -0.0358. The number of primary amides is 1. The van der Waals surface area contributed by atoms with Crippen LogP contribution in [0.5, 0.6) is 0 Å². The van der Waals surface area contributed by atoms with Crippen LogP contribution >= 0.6 is 0 Å². The monoisotopic (exact) mass is 287 g/mol. The van der Waals surface area contributed by atoms with Gasteiger partial charge in [0.15, 0.2) is 0 Å².